The van der Waals surface area contributed by atoms with Crippen LogP contribution in [0.2, 0.25) is 0 Å². The highest BCUT2D eigenvalue weighted by atomic mass is 16.5. The molecule has 1 unspecified atom stereocenters. The van der Waals surface area contributed by atoms with Crippen molar-refractivity contribution in [2.45, 2.75) is 31.8 Å². The summed E-state index contributed by atoms with van der Waals surface area (Å²) in [5, 5.41) is 7.94. The third kappa shape index (κ3) is 4.03. The fourth-order valence-corrected chi connectivity index (χ4v) is 3.15. The Morgan fingerprint density at radius 2 is 2.17 bits per heavy atom. The van der Waals surface area contributed by atoms with Crippen LogP contribution in [0.5, 0.6) is 0 Å². The van der Waals surface area contributed by atoms with Crippen molar-refractivity contribution in [1.29, 1.82) is 0 Å². The van der Waals surface area contributed by atoms with E-state index in [1.54, 1.807) is 7.05 Å². The zero-order valence-corrected chi connectivity index (χ0v) is 14.5. The SMILES string of the molecule is CN=C(NCCc1cccc2cccnc12)NCC1(C)CCCO1. The fraction of sp³-hybridized carbons (Fsp3) is 0.474. The maximum Gasteiger partial charge on any atom is 0.191 e. The molecular formula is C19H26N4O. The van der Waals surface area contributed by atoms with Crippen LogP contribution in [0, 0.1) is 0 Å². The number of nitrogens with one attached hydrogen (secondary N) is 2. The minimum atomic E-state index is -0.0722. The van der Waals surface area contributed by atoms with Gasteiger partial charge in [-0.3, -0.25) is 9.98 Å². The highest BCUT2D eigenvalue weighted by Crippen LogP contribution is 2.23. The highest BCUT2D eigenvalue weighted by molar-refractivity contribution is 5.82. The number of ether oxygens (including phenoxy) is 1. The molecule has 3 rings (SSSR count). The molecule has 2 heterocycles. The first-order chi connectivity index (χ1) is 11.7. The average Bonchev–Trinajstić information content (AvgIpc) is 3.05. The van der Waals surface area contributed by atoms with Crippen molar-refractivity contribution in [3.63, 3.8) is 0 Å². The van der Waals surface area contributed by atoms with Crippen LogP contribution in [-0.2, 0) is 11.2 Å². The second-order valence-electron chi connectivity index (χ2n) is 6.50. The van der Waals surface area contributed by atoms with Gasteiger partial charge in [0.25, 0.3) is 0 Å². The van der Waals surface area contributed by atoms with E-state index in [4.69, 9.17) is 4.74 Å². The lowest BCUT2D eigenvalue weighted by atomic mass is 10.0. The molecule has 5 heteroatoms. The number of aliphatic imine (C=N–C) groups is 1. The zero-order chi connectivity index (χ0) is 16.8. The number of fused-ring (bicyclic) bond motifs is 1. The van der Waals surface area contributed by atoms with Gasteiger partial charge < -0.3 is 15.4 Å². The maximum absolute atomic E-state index is 5.80. The lowest BCUT2D eigenvalue weighted by Crippen LogP contribution is -2.45. The molecule has 2 aromatic rings. The lowest BCUT2D eigenvalue weighted by molar-refractivity contribution is 0.0243. The monoisotopic (exact) mass is 326 g/mol. The third-order valence-electron chi connectivity index (χ3n) is 4.56. The molecule has 0 spiro atoms. The zero-order valence-electron chi connectivity index (χ0n) is 14.5. The molecule has 1 atom stereocenters. The van der Waals surface area contributed by atoms with Crippen LogP contribution in [0.15, 0.2) is 41.5 Å². The van der Waals surface area contributed by atoms with Crippen molar-refractivity contribution < 1.29 is 4.74 Å². The maximum atomic E-state index is 5.80. The molecule has 1 aromatic heterocycles. The van der Waals surface area contributed by atoms with E-state index in [0.717, 1.165) is 50.4 Å². The summed E-state index contributed by atoms with van der Waals surface area (Å²) in [6.07, 6.45) is 4.99. The van der Waals surface area contributed by atoms with E-state index in [2.05, 4.69) is 51.8 Å². The van der Waals surface area contributed by atoms with Crippen molar-refractivity contribution in [3.05, 3.63) is 42.1 Å². The summed E-state index contributed by atoms with van der Waals surface area (Å²) in [5.41, 5.74) is 2.26. The van der Waals surface area contributed by atoms with Crippen molar-refractivity contribution in [3.8, 4) is 0 Å². The van der Waals surface area contributed by atoms with Crippen LogP contribution in [0.3, 0.4) is 0 Å². The Balaban J connectivity index is 1.52. The Hall–Kier alpha value is -2.14. The van der Waals surface area contributed by atoms with Crippen molar-refractivity contribution in [2.75, 3.05) is 26.7 Å². The quantitative estimate of drug-likeness (QED) is 0.655. The number of aromatic nitrogens is 1. The van der Waals surface area contributed by atoms with Gasteiger partial charge in [-0.05, 0) is 37.8 Å². The molecular weight excluding hydrogens is 300 g/mol. The molecule has 0 bridgehead atoms. The predicted molar refractivity (Wildman–Crippen MR) is 98.4 cm³/mol. The van der Waals surface area contributed by atoms with Gasteiger partial charge in [-0.1, -0.05) is 24.3 Å². The fourth-order valence-electron chi connectivity index (χ4n) is 3.15. The number of guanidine groups is 1. The molecule has 24 heavy (non-hydrogen) atoms. The number of nitrogens with zero attached hydrogens (tertiary/aromatic N) is 2. The molecule has 1 aliphatic rings. The van der Waals surface area contributed by atoms with Crippen molar-refractivity contribution in [2.24, 2.45) is 4.99 Å². The molecule has 0 radical (unpaired) electrons. The number of para-hydroxylation sites is 1. The molecule has 0 aliphatic carbocycles. The minimum Gasteiger partial charge on any atom is -0.373 e. The Bertz CT molecular complexity index is 702. The van der Waals surface area contributed by atoms with Gasteiger partial charge in [0.2, 0.25) is 0 Å². The van der Waals surface area contributed by atoms with E-state index in [0.29, 0.717) is 0 Å². The van der Waals surface area contributed by atoms with Crippen LogP contribution in [0.1, 0.15) is 25.3 Å². The number of hydrogen-bond donors (Lipinski definition) is 2. The average molecular weight is 326 g/mol. The summed E-state index contributed by atoms with van der Waals surface area (Å²) in [7, 11) is 1.80. The molecule has 1 aliphatic heterocycles. The summed E-state index contributed by atoms with van der Waals surface area (Å²) >= 11 is 0. The second kappa shape index (κ2) is 7.62. The van der Waals surface area contributed by atoms with E-state index in [1.165, 1.54) is 10.9 Å². The summed E-state index contributed by atoms with van der Waals surface area (Å²) in [6, 6.07) is 10.4. The minimum absolute atomic E-state index is 0.0722. The van der Waals surface area contributed by atoms with Gasteiger partial charge in [0.15, 0.2) is 5.96 Å². The first-order valence-electron chi connectivity index (χ1n) is 8.61. The first-order valence-corrected chi connectivity index (χ1v) is 8.61. The van der Waals surface area contributed by atoms with Gasteiger partial charge in [-0.25, -0.2) is 0 Å². The molecule has 1 aromatic carbocycles. The Morgan fingerprint density at radius 3 is 2.96 bits per heavy atom. The van der Waals surface area contributed by atoms with E-state index >= 15 is 0 Å². The Morgan fingerprint density at radius 1 is 1.29 bits per heavy atom. The van der Waals surface area contributed by atoms with Gasteiger partial charge in [0.1, 0.15) is 0 Å². The van der Waals surface area contributed by atoms with Crippen molar-refractivity contribution in [1.82, 2.24) is 15.6 Å². The van der Waals surface area contributed by atoms with Gasteiger partial charge >= 0.3 is 0 Å². The topological polar surface area (TPSA) is 58.5 Å². The van der Waals surface area contributed by atoms with Gasteiger partial charge in [-0.2, -0.15) is 0 Å². The summed E-state index contributed by atoms with van der Waals surface area (Å²) in [5.74, 6) is 0.819. The molecule has 1 saturated heterocycles. The Labute approximate surface area is 143 Å². The Kier molecular flexibility index (Phi) is 5.30. The van der Waals surface area contributed by atoms with Crippen LogP contribution in [0.4, 0.5) is 0 Å². The first kappa shape index (κ1) is 16.7. The van der Waals surface area contributed by atoms with Crippen LogP contribution in [-0.4, -0.2) is 43.3 Å². The number of hydrogen-bond acceptors (Lipinski definition) is 3. The van der Waals surface area contributed by atoms with Gasteiger partial charge in [-0.15, -0.1) is 0 Å². The standard InChI is InChI=1S/C19H26N4O/c1-19(10-5-13-24-19)14-23-18(20-2)22-12-9-16-7-3-6-15-8-4-11-21-17(15)16/h3-4,6-8,11H,5,9-10,12-14H2,1-2H3,(H2,20,22,23). The summed E-state index contributed by atoms with van der Waals surface area (Å²) in [6.45, 7) is 4.61. The number of rotatable bonds is 5. The summed E-state index contributed by atoms with van der Waals surface area (Å²) in [4.78, 5) is 8.80. The van der Waals surface area contributed by atoms with E-state index in [1.807, 2.05) is 12.3 Å². The number of pyridine rings is 1. The van der Waals surface area contributed by atoms with Crippen molar-refractivity contribution >= 4 is 16.9 Å². The van der Waals surface area contributed by atoms with E-state index in [-0.39, 0.29) is 5.60 Å². The molecule has 128 valence electrons. The van der Waals surface area contributed by atoms with Gasteiger partial charge in [0.05, 0.1) is 11.1 Å². The molecule has 0 amide bonds. The lowest BCUT2D eigenvalue weighted by Gasteiger charge is -2.24. The van der Waals surface area contributed by atoms with Crippen LogP contribution in [0.25, 0.3) is 10.9 Å². The largest absolute Gasteiger partial charge is 0.373 e. The molecule has 5 nitrogen and oxygen atoms in total. The summed E-state index contributed by atoms with van der Waals surface area (Å²) < 4.78 is 5.80. The molecule has 0 saturated carbocycles. The predicted octanol–water partition coefficient (Wildman–Crippen LogP) is 2.51. The smallest absolute Gasteiger partial charge is 0.191 e. The number of benzene rings is 1. The van der Waals surface area contributed by atoms with Gasteiger partial charge in [0, 0.05) is 38.3 Å². The molecule has 2 N–H and O–H groups in total. The second-order valence-corrected chi connectivity index (χ2v) is 6.50. The van der Waals surface area contributed by atoms with E-state index in [9.17, 15) is 0 Å². The van der Waals surface area contributed by atoms with E-state index < -0.39 is 0 Å². The molecule has 1 fully saturated rings. The van der Waals surface area contributed by atoms with Crippen LogP contribution < -0.4 is 10.6 Å². The normalized spacial score (nSPS) is 21.2. The third-order valence-corrected chi connectivity index (χ3v) is 4.56. The highest BCUT2D eigenvalue weighted by Gasteiger charge is 2.29. The van der Waals surface area contributed by atoms with Crippen LogP contribution >= 0.6 is 0 Å².